The number of aromatic nitrogens is 1. The maximum atomic E-state index is 12.2. The van der Waals surface area contributed by atoms with Gasteiger partial charge in [-0.15, -0.1) is 0 Å². The summed E-state index contributed by atoms with van der Waals surface area (Å²) in [5.74, 6) is 5.76. The molecule has 1 amide bonds. The number of carbonyl (C=O) groups excluding carboxylic acids is 1. The van der Waals surface area contributed by atoms with Gasteiger partial charge in [-0.2, -0.15) is 0 Å². The maximum absolute atomic E-state index is 12.2. The average molecular weight is 279 g/mol. The van der Waals surface area contributed by atoms with E-state index in [1.165, 1.54) is 0 Å². The second-order valence-corrected chi connectivity index (χ2v) is 5.62. The molecule has 0 saturated carbocycles. The van der Waals surface area contributed by atoms with E-state index in [1.54, 1.807) is 12.1 Å². The second-order valence-electron chi connectivity index (χ2n) is 5.62. The lowest BCUT2D eigenvalue weighted by Crippen LogP contribution is -2.48. The van der Waals surface area contributed by atoms with Gasteiger partial charge in [0.25, 0.3) is 5.91 Å². The molecule has 0 saturated heterocycles. The lowest BCUT2D eigenvalue weighted by Gasteiger charge is -2.32. The van der Waals surface area contributed by atoms with Crippen LogP contribution in [0.15, 0.2) is 12.1 Å². The van der Waals surface area contributed by atoms with Gasteiger partial charge in [-0.3, -0.25) is 4.79 Å². The largest absolute Gasteiger partial charge is 0.350 e. The van der Waals surface area contributed by atoms with Crippen LogP contribution in [0.5, 0.6) is 0 Å². The molecule has 1 aromatic heterocycles. The summed E-state index contributed by atoms with van der Waals surface area (Å²) in [6.07, 6.45) is 0.749. The zero-order valence-corrected chi connectivity index (χ0v) is 12.9. The van der Waals surface area contributed by atoms with Crippen LogP contribution in [0.25, 0.3) is 0 Å². The van der Waals surface area contributed by atoms with Crippen LogP contribution in [0.1, 0.15) is 36.8 Å². The van der Waals surface area contributed by atoms with Crippen LogP contribution in [0.3, 0.4) is 0 Å². The number of hydrazine groups is 1. The van der Waals surface area contributed by atoms with Gasteiger partial charge < -0.3 is 15.6 Å². The Balaban J connectivity index is 2.82. The van der Waals surface area contributed by atoms with E-state index >= 15 is 0 Å². The van der Waals surface area contributed by atoms with E-state index in [1.807, 2.05) is 21.0 Å². The molecule has 1 heterocycles. The molecule has 0 radical (unpaired) electrons. The number of nitrogens with one attached hydrogen (secondary N) is 2. The number of nitrogen functional groups attached to an aromatic ring is 1. The van der Waals surface area contributed by atoms with Gasteiger partial charge in [0, 0.05) is 23.3 Å². The lowest BCUT2D eigenvalue weighted by atomic mass is 10.0. The van der Waals surface area contributed by atoms with Gasteiger partial charge in [0.1, 0.15) is 5.82 Å². The Kier molecular flexibility index (Phi) is 5.47. The first-order valence-electron chi connectivity index (χ1n) is 6.73. The minimum Gasteiger partial charge on any atom is -0.350 e. The molecule has 0 aliphatic rings. The van der Waals surface area contributed by atoms with Gasteiger partial charge in [-0.25, -0.2) is 10.8 Å². The van der Waals surface area contributed by atoms with Crippen molar-refractivity contribution < 1.29 is 4.79 Å². The molecule has 1 aromatic rings. The zero-order chi connectivity index (χ0) is 15.3. The molecule has 6 heteroatoms. The Morgan fingerprint density at radius 2 is 2.05 bits per heavy atom. The van der Waals surface area contributed by atoms with Gasteiger partial charge in [0.15, 0.2) is 0 Å². The number of aryl methyl sites for hydroxylation is 1. The minimum atomic E-state index is -0.117. The fraction of sp³-hybridized carbons (Fsp3) is 0.571. The van der Waals surface area contributed by atoms with Crippen LogP contribution >= 0.6 is 0 Å². The molecule has 20 heavy (non-hydrogen) atoms. The number of nitrogens with zero attached hydrogens (tertiary/aromatic N) is 2. The van der Waals surface area contributed by atoms with Crippen LogP contribution < -0.4 is 16.6 Å². The van der Waals surface area contributed by atoms with E-state index in [-0.39, 0.29) is 11.4 Å². The summed E-state index contributed by atoms with van der Waals surface area (Å²) in [7, 11) is 3.98. The molecule has 4 N–H and O–H groups in total. The van der Waals surface area contributed by atoms with Crippen LogP contribution in [-0.4, -0.2) is 42.0 Å². The minimum absolute atomic E-state index is 0.106. The molecule has 0 aromatic carbocycles. The highest BCUT2D eigenvalue weighted by Crippen LogP contribution is 2.12. The second kappa shape index (κ2) is 6.67. The molecule has 0 fully saturated rings. The average Bonchev–Trinajstić information content (AvgIpc) is 2.43. The number of nitrogens with two attached hydrogens (primary N) is 1. The molecule has 0 spiro atoms. The maximum Gasteiger partial charge on any atom is 0.251 e. The van der Waals surface area contributed by atoms with Crippen molar-refractivity contribution in [2.24, 2.45) is 5.84 Å². The van der Waals surface area contributed by atoms with Crippen LogP contribution in [0, 0.1) is 0 Å². The van der Waals surface area contributed by atoms with E-state index in [9.17, 15) is 4.79 Å². The van der Waals surface area contributed by atoms with E-state index in [2.05, 4.69) is 34.5 Å². The third-order valence-electron chi connectivity index (χ3n) is 3.54. The van der Waals surface area contributed by atoms with Crippen molar-refractivity contribution in [1.82, 2.24) is 15.2 Å². The van der Waals surface area contributed by atoms with Crippen molar-refractivity contribution in [3.8, 4) is 0 Å². The highest BCUT2D eigenvalue weighted by molar-refractivity contribution is 5.95. The van der Waals surface area contributed by atoms with Gasteiger partial charge in [-0.1, -0.05) is 6.92 Å². The molecular formula is C14H25N5O. The number of pyridine rings is 1. The summed E-state index contributed by atoms with van der Waals surface area (Å²) in [4.78, 5) is 18.6. The first-order chi connectivity index (χ1) is 9.30. The fourth-order valence-electron chi connectivity index (χ4n) is 1.53. The van der Waals surface area contributed by atoms with E-state index < -0.39 is 0 Å². The van der Waals surface area contributed by atoms with Gasteiger partial charge in [0.2, 0.25) is 0 Å². The Morgan fingerprint density at radius 3 is 2.55 bits per heavy atom. The van der Waals surface area contributed by atoms with E-state index in [0.29, 0.717) is 17.9 Å². The Morgan fingerprint density at radius 1 is 1.40 bits per heavy atom. The quantitative estimate of drug-likeness (QED) is 0.534. The standard InChI is InChI=1S/C14H25N5O/c1-6-11-7-10(8-12(17-11)18-15)13(20)16-9-14(2,3)19(4)5/h7-8H,6,9,15H2,1-5H3,(H,16,20)(H,17,18). The fourth-order valence-corrected chi connectivity index (χ4v) is 1.53. The van der Waals surface area contributed by atoms with Gasteiger partial charge >= 0.3 is 0 Å². The first-order valence-corrected chi connectivity index (χ1v) is 6.73. The van der Waals surface area contributed by atoms with Crippen molar-refractivity contribution in [1.29, 1.82) is 0 Å². The molecule has 1 rings (SSSR count). The van der Waals surface area contributed by atoms with E-state index in [0.717, 1.165) is 12.1 Å². The smallest absolute Gasteiger partial charge is 0.251 e. The van der Waals surface area contributed by atoms with Crippen molar-refractivity contribution >= 4 is 11.7 Å². The highest BCUT2D eigenvalue weighted by Gasteiger charge is 2.21. The number of anilines is 1. The Hall–Kier alpha value is -1.66. The summed E-state index contributed by atoms with van der Waals surface area (Å²) < 4.78 is 0. The van der Waals surface area contributed by atoms with Crippen molar-refractivity contribution in [2.45, 2.75) is 32.7 Å². The number of likely N-dealkylation sites (N-methyl/N-ethyl adjacent to an activating group) is 1. The van der Waals surface area contributed by atoms with Crippen LogP contribution in [0.4, 0.5) is 5.82 Å². The van der Waals surface area contributed by atoms with Gasteiger partial charge in [0.05, 0.1) is 0 Å². The summed E-state index contributed by atoms with van der Waals surface area (Å²) in [5, 5.41) is 2.95. The van der Waals surface area contributed by atoms with Gasteiger partial charge in [-0.05, 0) is 46.5 Å². The van der Waals surface area contributed by atoms with Crippen LogP contribution in [-0.2, 0) is 6.42 Å². The molecule has 112 valence electrons. The number of hydrogen-bond donors (Lipinski definition) is 3. The lowest BCUT2D eigenvalue weighted by molar-refractivity contribution is 0.0919. The van der Waals surface area contributed by atoms with Crippen molar-refractivity contribution in [3.05, 3.63) is 23.4 Å². The number of rotatable bonds is 6. The molecule has 0 atom stereocenters. The molecule has 6 nitrogen and oxygen atoms in total. The normalized spacial score (nSPS) is 11.6. The summed E-state index contributed by atoms with van der Waals surface area (Å²) in [6.45, 7) is 6.70. The van der Waals surface area contributed by atoms with E-state index in [4.69, 9.17) is 5.84 Å². The highest BCUT2D eigenvalue weighted by atomic mass is 16.1. The first kappa shape index (κ1) is 16.4. The Bertz CT molecular complexity index is 448. The predicted octanol–water partition coefficient (Wildman–Crippen LogP) is 1.000. The van der Waals surface area contributed by atoms with Crippen molar-refractivity contribution in [2.75, 3.05) is 26.1 Å². The summed E-state index contributed by atoms with van der Waals surface area (Å²) >= 11 is 0. The Labute approximate surface area is 120 Å². The number of amides is 1. The van der Waals surface area contributed by atoms with Crippen LogP contribution in [0.2, 0.25) is 0 Å². The molecule has 0 aliphatic carbocycles. The third kappa shape index (κ3) is 4.18. The SMILES string of the molecule is CCc1cc(C(=O)NCC(C)(C)N(C)C)cc(NN)n1. The molecular weight excluding hydrogens is 254 g/mol. The monoisotopic (exact) mass is 279 g/mol. The number of hydrogen-bond acceptors (Lipinski definition) is 5. The molecule has 0 bridgehead atoms. The molecule has 0 unspecified atom stereocenters. The predicted molar refractivity (Wildman–Crippen MR) is 81.5 cm³/mol. The number of carbonyl (C=O) groups is 1. The summed E-state index contributed by atoms with van der Waals surface area (Å²) in [5.41, 5.74) is 3.78. The molecule has 0 aliphatic heterocycles. The zero-order valence-electron chi connectivity index (χ0n) is 12.9. The third-order valence-corrected chi connectivity index (χ3v) is 3.54. The summed E-state index contributed by atoms with van der Waals surface area (Å²) in [6, 6.07) is 3.44. The van der Waals surface area contributed by atoms with Crippen molar-refractivity contribution in [3.63, 3.8) is 0 Å². The topological polar surface area (TPSA) is 83.3 Å².